The first-order chi connectivity index (χ1) is 19.9. The Labute approximate surface area is 263 Å². The summed E-state index contributed by atoms with van der Waals surface area (Å²) >= 11 is 0. The quantitative estimate of drug-likeness (QED) is 0.136. The summed E-state index contributed by atoms with van der Waals surface area (Å²) in [5.41, 5.74) is 0. The number of hydrogen-bond donors (Lipinski definition) is 4. The smallest absolute Gasteiger partial charge is 0.371 e. The van der Waals surface area contributed by atoms with Gasteiger partial charge in [0.1, 0.15) is 6.10 Å². The van der Waals surface area contributed by atoms with Crippen molar-refractivity contribution in [2.24, 2.45) is 0 Å². The number of rotatable bonds is 20. The summed E-state index contributed by atoms with van der Waals surface area (Å²) in [7, 11) is -4.43. The molecule has 2 heterocycles. The van der Waals surface area contributed by atoms with Gasteiger partial charge >= 0.3 is 7.82 Å². The Morgan fingerprint density at radius 1 is 0.744 bits per heavy atom. The zero-order chi connectivity index (χ0) is 32.5. The van der Waals surface area contributed by atoms with E-state index in [1.807, 2.05) is 13.8 Å². The molecule has 0 spiro atoms. The lowest BCUT2D eigenvalue weighted by molar-refractivity contribution is -0.0486. The maximum absolute atomic E-state index is 12.8. The van der Waals surface area contributed by atoms with Crippen LogP contribution in [0.1, 0.15) is 82.1 Å². The second-order valence-electron chi connectivity index (χ2n) is 13.4. The molecule has 0 saturated carbocycles. The number of hydrogen-bond acceptors (Lipinski definition) is 10. The van der Waals surface area contributed by atoms with Gasteiger partial charge in [0.05, 0.1) is 32.5 Å². The Kier molecular flexibility index (Phi) is 16.8. The second kappa shape index (κ2) is 18.2. The average Bonchev–Trinajstić information content (AvgIpc) is 3.46. The maximum Gasteiger partial charge on any atom is 0.472 e. The van der Waals surface area contributed by atoms with E-state index in [1.54, 1.807) is 0 Å². The predicted octanol–water partition coefficient (Wildman–Crippen LogP) is 4.46. The average molecular weight is 675 g/mol. The molecule has 3 unspecified atom stereocenters. The Balaban J connectivity index is 1.88. The number of phosphoric acid groups is 1. The first kappa shape index (κ1) is 39.7. The molecule has 2 saturated heterocycles. The molecule has 15 heteroatoms. The van der Waals surface area contributed by atoms with Crippen LogP contribution in [0.3, 0.4) is 0 Å². The third kappa shape index (κ3) is 14.9. The van der Waals surface area contributed by atoms with E-state index in [9.17, 15) is 14.4 Å². The molecule has 2 aliphatic heterocycles. The molecule has 4 N–H and O–H groups in total. The van der Waals surface area contributed by atoms with Crippen molar-refractivity contribution in [2.45, 2.75) is 143 Å². The Morgan fingerprint density at radius 3 is 1.60 bits per heavy atom. The van der Waals surface area contributed by atoms with E-state index in [-0.39, 0.29) is 44.1 Å². The summed E-state index contributed by atoms with van der Waals surface area (Å²) in [6.45, 7) is 22.5. The summed E-state index contributed by atoms with van der Waals surface area (Å²) in [6, 6.07) is 2.15. The molecule has 43 heavy (non-hydrogen) atoms. The largest absolute Gasteiger partial charge is 0.472 e. The van der Waals surface area contributed by atoms with E-state index in [0.29, 0.717) is 36.8 Å². The molecule has 0 aromatic heterocycles. The number of nitrogens with zero attached hydrogens (tertiary/aromatic N) is 2. The SMILES string of the molecule is CC(C)N[C@@H]1C[C@@H](COP(=O)(O)OCC(COP(O)(=P)OC[C@H]2C[C@H](NC(C)C)CN2C(C)C)OC(C)C)N(C(C)C)C1. The van der Waals surface area contributed by atoms with Gasteiger partial charge in [-0.05, 0) is 62.9 Å². The van der Waals surface area contributed by atoms with Gasteiger partial charge in [0.15, 0.2) is 0 Å². The third-order valence-corrected chi connectivity index (χ3v) is 10.3. The fraction of sp³-hybridized carbons (Fsp3) is 1.00. The summed E-state index contributed by atoms with van der Waals surface area (Å²) < 4.78 is 41.0. The molecule has 12 nitrogen and oxygen atoms in total. The van der Waals surface area contributed by atoms with Crippen molar-refractivity contribution in [1.29, 1.82) is 0 Å². The molecule has 0 radical (unpaired) electrons. The maximum atomic E-state index is 12.8. The van der Waals surface area contributed by atoms with Gasteiger partial charge in [0, 0.05) is 61.4 Å². The highest BCUT2D eigenvalue weighted by molar-refractivity contribution is 7.88. The highest BCUT2D eigenvalue weighted by Gasteiger charge is 2.37. The molecule has 2 rings (SSSR count). The lowest BCUT2D eigenvalue weighted by atomic mass is 10.1. The molecule has 2 fully saturated rings. The molecule has 2 aliphatic rings. The zero-order valence-electron chi connectivity index (χ0n) is 28.1. The predicted molar refractivity (Wildman–Crippen MR) is 176 cm³/mol. The molecule has 256 valence electrons. The van der Waals surface area contributed by atoms with E-state index in [0.717, 1.165) is 25.9 Å². The van der Waals surface area contributed by atoms with E-state index in [1.165, 1.54) is 0 Å². The second-order valence-corrected chi connectivity index (χ2v) is 18.1. The van der Waals surface area contributed by atoms with Crippen molar-refractivity contribution >= 4 is 23.6 Å². The van der Waals surface area contributed by atoms with Gasteiger partial charge in [-0.2, -0.15) is 0 Å². The van der Waals surface area contributed by atoms with Crippen molar-refractivity contribution in [3.8, 4) is 0 Å². The molecular formula is C28H61N4O8P3. The monoisotopic (exact) mass is 674 g/mol. The van der Waals surface area contributed by atoms with Crippen LogP contribution in [0.4, 0.5) is 0 Å². The Morgan fingerprint density at radius 2 is 1.19 bits per heavy atom. The molecule has 0 amide bonds. The normalized spacial score (nSPS) is 27.7. The molecule has 0 aromatic rings. The summed E-state index contributed by atoms with van der Waals surface area (Å²) in [6.07, 6.45) is 0.796. The minimum atomic E-state index is -4.36. The first-order valence-electron chi connectivity index (χ1n) is 15.8. The van der Waals surface area contributed by atoms with Crippen LogP contribution in [0.25, 0.3) is 0 Å². The van der Waals surface area contributed by atoms with E-state index >= 15 is 0 Å². The van der Waals surface area contributed by atoms with Crippen LogP contribution < -0.4 is 10.6 Å². The molecular weight excluding hydrogens is 613 g/mol. The Hall–Kier alpha value is 0.520. The van der Waals surface area contributed by atoms with Gasteiger partial charge in [0.25, 0.3) is 7.23 Å². The highest BCUT2D eigenvalue weighted by Crippen LogP contribution is 2.50. The van der Waals surface area contributed by atoms with E-state index < -0.39 is 21.2 Å². The van der Waals surface area contributed by atoms with Crippen molar-refractivity contribution in [2.75, 3.05) is 39.5 Å². The number of nitrogens with one attached hydrogen (secondary N) is 2. The lowest BCUT2D eigenvalue weighted by Gasteiger charge is -2.30. The van der Waals surface area contributed by atoms with Gasteiger partial charge < -0.3 is 34.2 Å². The number of likely N-dealkylation sites (tertiary alicyclic amines) is 2. The summed E-state index contributed by atoms with van der Waals surface area (Å²) in [4.78, 5) is 26.0. The fourth-order valence-corrected chi connectivity index (χ4v) is 8.03. The van der Waals surface area contributed by atoms with Crippen molar-refractivity contribution in [1.82, 2.24) is 20.4 Å². The van der Waals surface area contributed by atoms with Crippen LogP contribution in [-0.2, 0) is 27.4 Å². The standard InChI is InChI=1S/C28H61N4O8P3/c1-19(2)29-24-11-26(31(13-24)21(5)6)15-36-42(33,34)37-17-28(40-23(9)10)18-39-43(35,41)38-16-27-12-25(30-20(3)4)14-32(27)22(7)8/h19-30,35,41H,11-18H2,1-10H3,(H,33,34)/t24-,25+,26+,27-,28?,43?/m1/s1. The fourth-order valence-electron chi connectivity index (χ4n) is 5.98. The van der Waals surface area contributed by atoms with Gasteiger partial charge in [-0.1, -0.05) is 27.7 Å². The zero-order valence-corrected chi connectivity index (χ0v) is 30.9. The summed E-state index contributed by atoms with van der Waals surface area (Å²) in [5, 5.41) is 7.15. The van der Waals surface area contributed by atoms with Crippen LogP contribution in [-0.4, -0.2) is 120 Å². The van der Waals surface area contributed by atoms with E-state index in [2.05, 4.69) is 84.4 Å². The van der Waals surface area contributed by atoms with Crippen LogP contribution in [0, 0.1) is 0 Å². The summed E-state index contributed by atoms with van der Waals surface area (Å²) in [5.74, 6) is 0. The lowest BCUT2D eigenvalue weighted by Crippen LogP contribution is -2.40. The van der Waals surface area contributed by atoms with E-state index in [4.69, 9.17) is 22.8 Å². The first-order valence-corrected chi connectivity index (χ1v) is 20.3. The molecule has 0 aromatic carbocycles. The Bertz CT molecular complexity index is 847. The molecule has 7 atom stereocenters. The van der Waals surface area contributed by atoms with Crippen LogP contribution in [0.2, 0.25) is 0 Å². The minimum Gasteiger partial charge on any atom is -0.371 e. The number of phosphoric ester groups is 1. The number of ether oxygens (including phenoxy) is 1. The van der Waals surface area contributed by atoms with Crippen LogP contribution in [0.15, 0.2) is 0 Å². The van der Waals surface area contributed by atoms with Gasteiger partial charge in [0.2, 0.25) is 0 Å². The van der Waals surface area contributed by atoms with Gasteiger partial charge in [-0.3, -0.25) is 18.8 Å². The third-order valence-electron chi connectivity index (χ3n) is 7.57. The minimum absolute atomic E-state index is 0.000561. The van der Waals surface area contributed by atoms with Gasteiger partial charge in [-0.15, -0.1) is 0 Å². The molecule has 0 bridgehead atoms. The highest BCUT2D eigenvalue weighted by atomic mass is 31.8. The van der Waals surface area contributed by atoms with Crippen LogP contribution >= 0.6 is 23.6 Å². The van der Waals surface area contributed by atoms with Gasteiger partial charge in [-0.25, -0.2) is 4.57 Å². The van der Waals surface area contributed by atoms with Crippen LogP contribution in [0.5, 0.6) is 0 Å². The topological polar surface area (TPSA) is 134 Å². The van der Waals surface area contributed by atoms with Crippen molar-refractivity contribution in [3.05, 3.63) is 0 Å². The van der Waals surface area contributed by atoms with Crippen molar-refractivity contribution < 1.29 is 37.2 Å². The molecule has 0 aliphatic carbocycles. The van der Waals surface area contributed by atoms with Crippen molar-refractivity contribution in [3.63, 3.8) is 0 Å².